The third-order valence-corrected chi connectivity index (χ3v) is 9.74. The molecule has 0 saturated heterocycles. The Balaban J connectivity index is 1.30. The molecule has 0 bridgehead atoms. The minimum Gasteiger partial charge on any atom is -0.354 e. The molecule has 7 aromatic rings. The zero-order valence-corrected chi connectivity index (χ0v) is 22.8. The molecule has 2 heteroatoms. The van der Waals surface area contributed by atoms with Gasteiger partial charge < -0.3 is 5.32 Å². The Kier molecular flexibility index (Phi) is 4.80. The number of anilines is 2. The second-order valence-electron chi connectivity index (χ2n) is 11.0. The minimum atomic E-state index is -0.0673. The van der Waals surface area contributed by atoms with Gasteiger partial charge in [-0.25, -0.2) is 0 Å². The van der Waals surface area contributed by atoms with Crippen LogP contribution in [0.1, 0.15) is 25.0 Å². The number of thiophene rings is 1. The van der Waals surface area contributed by atoms with Crippen LogP contribution >= 0.6 is 11.3 Å². The van der Waals surface area contributed by atoms with E-state index in [1.165, 1.54) is 64.3 Å². The molecule has 0 saturated carbocycles. The van der Waals surface area contributed by atoms with Gasteiger partial charge in [-0.05, 0) is 50.7 Å². The van der Waals surface area contributed by atoms with Gasteiger partial charge in [-0.15, -0.1) is 11.3 Å². The summed E-state index contributed by atoms with van der Waals surface area (Å²) in [6.45, 7) is 4.72. The van der Waals surface area contributed by atoms with Crippen molar-refractivity contribution in [1.82, 2.24) is 0 Å². The highest BCUT2D eigenvalue weighted by molar-refractivity contribution is 7.27. The molecule has 8 rings (SSSR count). The fourth-order valence-electron chi connectivity index (χ4n) is 6.67. The maximum atomic E-state index is 3.87. The molecule has 1 heterocycles. The van der Waals surface area contributed by atoms with Crippen molar-refractivity contribution >= 4 is 53.7 Å². The zero-order valence-electron chi connectivity index (χ0n) is 22.0. The van der Waals surface area contributed by atoms with Crippen LogP contribution in [0.15, 0.2) is 121 Å². The summed E-state index contributed by atoms with van der Waals surface area (Å²) in [4.78, 5) is 0. The van der Waals surface area contributed by atoms with Crippen LogP contribution in [-0.2, 0) is 5.41 Å². The van der Waals surface area contributed by atoms with E-state index < -0.39 is 0 Å². The van der Waals surface area contributed by atoms with Gasteiger partial charge in [0.25, 0.3) is 0 Å². The van der Waals surface area contributed by atoms with Crippen LogP contribution in [0.2, 0.25) is 0 Å². The molecule has 1 aliphatic carbocycles. The summed E-state index contributed by atoms with van der Waals surface area (Å²) in [7, 11) is 0. The van der Waals surface area contributed by atoms with Crippen molar-refractivity contribution in [3.8, 4) is 22.3 Å². The topological polar surface area (TPSA) is 12.0 Å². The molecule has 0 unspecified atom stereocenters. The number of hydrogen-bond acceptors (Lipinski definition) is 2. The highest BCUT2D eigenvalue weighted by Gasteiger charge is 2.37. The van der Waals surface area contributed by atoms with E-state index >= 15 is 0 Å². The number of benzene rings is 6. The molecule has 0 spiro atoms. The lowest BCUT2D eigenvalue weighted by Crippen LogP contribution is -2.16. The summed E-state index contributed by atoms with van der Waals surface area (Å²) in [6.07, 6.45) is 0. The van der Waals surface area contributed by atoms with Crippen molar-refractivity contribution in [2.24, 2.45) is 0 Å². The number of fused-ring (bicyclic) bond motifs is 8. The van der Waals surface area contributed by atoms with Crippen molar-refractivity contribution in [1.29, 1.82) is 0 Å². The van der Waals surface area contributed by atoms with Gasteiger partial charge in [0.2, 0.25) is 0 Å². The lowest BCUT2D eigenvalue weighted by Gasteiger charge is -2.25. The Morgan fingerprint density at radius 1 is 0.487 bits per heavy atom. The Morgan fingerprint density at radius 2 is 1.10 bits per heavy atom. The summed E-state index contributed by atoms with van der Waals surface area (Å²) in [5, 5.41) is 9.12. The van der Waals surface area contributed by atoms with Crippen molar-refractivity contribution in [3.05, 3.63) is 132 Å². The molecule has 0 atom stereocenters. The molecule has 0 aliphatic heterocycles. The molecule has 39 heavy (non-hydrogen) atoms. The van der Waals surface area contributed by atoms with Gasteiger partial charge in [0.15, 0.2) is 0 Å². The molecule has 1 aromatic heterocycles. The van der Waals surface area contributed by atoms with Crippen LogP contribution in [0.5, 0.6) is 0 Å². The van der Waals surface area contributed by atoms with E-state index in [4.69, 9.17) is 0 Å². The van der Waals surface area contributed by atoms with E-state index in [9.17, 15) is 0 Å². The van der Waals surface area contributed by atoms with E-state index in [-0.39, 0.29) is 5.41 Å². The number of rotatable bonds is 3. The Morgan fingerprint density at radius 3 is 2.00 bits per heavy atom. The van der Waals surface area contributed by atoms with Gasteiger partial charge in [0.05, 0.1) is 10.4 Å². The monoisotopic (exact) mass is 517 g/mol. The second kappa shape index (κ2) is 8.30. The molecule has 0 radical (unpaired) electrons. The summed E-state index contributed by atoms with van der Waals surface area (Å²) >= 11 is 1.89. The zero-order chi connectivity index (χ0) is 26.1. The molecule has 186 valence electrons. The van der Waals surface area contributed by atoms with Crippen molar-refractivity contribution in [2.45, 2.75) is 19.3 Å². The largest absolute Gasteiger partial charge is 0.354 e. The van der Waals surface area contributed by atoms with Crippen LogP contribution in [-0.4, -0.2) is 0 Å². The van der Waals surface area contributed by atoms with Gasteiger partial charge >= 0.3 is 0 Å². The minimum absolute atomic E-state index is 0.0673. The number of nitrogens with one attached hydrogen (secondary N) is 1. The predicted octanol–water partition coefficient (Wildman–Crippen LogP) is 10.9. The molecule has 0 amide bonds. The lowest BCUT2D eigenvalue weighted by molar-refractivity contribution is 0.662. The quantitative estimate of drug-likeness (QED) is 0.246. The predicted molar refractivity (Wildman–Crippen MR) is 170 cm³/mol. The van der Waals surface area contributed by atoms with Crippen LogP contribution in [0.25, 0.3) is 53.2 Å². The molecular weight excluding hydrogens is 490 g/mol. The molecule has 1 nitrogen and oxygen atoms in total. The molecule has 1 N–H and O–H groups in total. The van der Waals surface area contributed by atoms with Crippen molar-refractivity contribution < 1.29 is 0 Å². The fraction of sp³-hybridized carbons (Fsp3) is 0.0811. The SMILES string of the molecule is CC1(C)c2ccccc2-c2cccc(-c3ccccc3Nc3cccc4c3sc3c5ccccc5ccc43)c21. The van der Waals surface area contributed by atoms with E-state index in [1.807, 2.05) is 11.3 Å². The smallest absolute Gasteiger partial charge is 0.0590 e. The van der Waals surface area contributed by atoms with Crippen LogP contribution < -0.4 is 5.32 Å². The highest BCUT2D eigenvalue weighted by atomic mass is 32.1. The number of hydrogen-bond donors (Lipinski definition) is 1. The summed E-state index contributed by atoms with van der Waals surface area (Å²) in [5.41, 5.74) is 10.3. The first-order chi connectivity index (χ1) is 19.1. The van der Waals surface area contributed by atoms with Gasteiger partial charge in [0.1, 0.15) is 0 Å². The summed E-state index contributed by atoms with van der Waals surface area (Å²) < 4.78 is 2.65. The maximum absolute atomic E-state index is 3.87. The van der Waals surface area contributed by atoms with Crippen molar-refractivity contribution in [2.75, 3.05) is 5.32 Å². The average Bonchev–Trinajstić information content (AvgIpc) is 3.48. The summed E-state index contributed by atoms with van der Waals surface area (Å²) in [5.74, 6) is 0. The molecule has 1 aliphatic rings. The third-order valence-electron chi connectivity index (χ3n) is 8.46. The maximum Gasteiger partial charge on any atom is 0.0590 e. The van der Waals surface area contributed by atoms with E-state index in [1.54, 1.807) is 0 Å². The Labute approximate surface area is 232 Å². The van der Waals surface area contributed by atoms with Crippen molar-refractivity contribution in [3.63, 3.8) is 0 Å². The average molecular weight is 518 g/mol. The summed E-state index contributed by atoms with van der Waals surface area (Å²) in [6, 6.07) is 44.3. The third kappa shape index (κ3) is 3.25. The Hall–Kier alpha value is -4.40. The van der Waals surface area contributed by atoms with Crippen LogP contribution in [0.3, 0.4) is 0 Å². The molecule has 6 aromatic carbocycles. The molecular formula is C37H27NS. The lowest BCUT2D eigenvalue weighted by atomic mass is 9.78. The van der Waals surface area contributed by atoms with Crippen LogP contribution in [0.4, 0.5) is 11.4 Å². The normalized spacial score (nSPS) is 13.6. The first kappa shape index (κ1) is 22.6. The van der Waals surface area contributed by atoms with Gasteiger partial charge in [-0.1, -0.05) is 123 Å². The van der Waals surface area contributed by atoms with E-state index in [0.29, 0.717) is 0 Å². The van der Waals surface area contributed by atoms with E-state index in [2.05, 4.69) is 140 Å². The van der Waals surface area contributed by atoms with Crippen LogP contribution in [0, 0.1) is 0 Å². The molecule has 0 fully saturated rings. The Bertz CT molecular complexity index is 2080. The standard InChI is InChI=1S/C37H27NS/c1-37(2)31-18-7-5-13-25(31)27-15-9-16-28(34(27)37)26-14-6-8-19-32(26)38-33-20-10-17-29-30-22-21-23-11-3-4-12-24(23)35(30)39-36(29)33/h3-22,38H,1-2H3. The van der Waals surface area contributed by atoms with E-state index in [0.717, 1.165) is 11.4 Å². The highest BCUT2D eigenvalue weighted by Crippen LogP contribution is 2.53. The first-order valence-corrected chi connectivity index (χ1v) is 14.4. The second-order valence-corrected chi connectivity index (χ2v) is 12.0. The van der Waals surface area contributed by atoms with Gasteiger partial charge in [-0.2, -0.15) is 0 Å². The van der Waals surface area contributed by atoms with Gasteiger partial charge in [0, 0.05) is 32.1 Å². The van der Waals surface area contributed by atoms with Gasteiger partial charge in [-0.3, -0.25) is 0 Å². The first-order valence-electron chi connectivity index (χ1n) is 13.5. The fourth-order valence-corrected chi connectivity index (χ4v) is 7.97. The number of para-hydroxylation sites is 1.